The van der Waals surface area contributed by atoms with Gasteiger partial charge in [-0.2, -0.15) is 0 Å². The summed E-state index contributed by atoms with van der Waals surface area (Å²) in [6, 6.07) is 15.8. The van der Waals surface area contributed by atoms with E-state index >= 15 is 0 Å². The van der Waals surface area contributed by atoms with Gasteiger partial charge in [0.1, 0.15) is 11.5 Å². The molecule has 1 aromatic heterocycles. The third-order valence-electron chi connectivity index (χ3n) is 4.97. The maximum atomic E-state index is 13.0. The molecule has 7 heteroatoms. The van der Waals surface area contributed by atoms with Crippen molar-refractivity contribution in [3.05, 3.63) is 99.8 Å². The van der Waals surface area contributed by atoms with Crippen molar-refractivity contribution in [2.45, 2.75) is 12.6 Å². The first kappa shape index (κ1) is 19.8. The standard InChI is InChI=1S/C23H17BrN2O4/c24-17-5-1-16(2-6-17)21(28)19-20(15-3-7-18(27)8-4-15)26(23(30)22(19)29)13-14-9-11-25-12-10-14/h1-12,20,27-28H,13H2/b21-19+. The summed E-state index contributed by atoms with van der Waals surface area (Å²) in [7, 11) is 0. The predicted octanol–water partition coefficient (Wildman–Crippen LogP) is 4.17. The Morgan fingerprint density at radius 3 is 2.23 bits per heavy atom. The zero-order valence-corrected chi connectivity index (χ0v) is 17.3. The maximum Gasteiger partial charge on any atom is 0.295 e. The predicted molar refractivity (Wildman–Crippen MR) is 114 cm³/mol. The average molecular weight is 465 g/mol. The van der Waals surface area contributed by atoms with Crippen LogP contribution in [0.25, 0.3) is 5.76 Å². The van der Waals surface area contributed by atoms with Gasteiger partial charge >= 0.3 is 0 Å². The minimum absolute atomic E-state index is 0.0158. The van der Waals surface area contributed by atoms with Crippen LogP contribution in [0.1, 0.15) is 22.7 Å². The lowest BCUT2D eigenvalue weighted by atomic mass is 9.95. The number of halogens is 1. The van der Waals surface area contributed by atoms with Crippen molar-refractivity contribution in [1.82, 2.24) is 9.88 Å². The number of phenols is 1. The van der Waals surface area contributed by atoms with E-state index in [0.29, 0.717) is 11.1 Å². The molecule has 1 aliphatic rings. The van der Waals surface area contributed by atoms with Gasteiger partial charge in [-0.1, -0.05) is 40.2 Å². The van der Waals surface area contributed by atoms with Crippen molar-refractivity contribution in [2.24, 2.45) is 0 Å². The summed E-state index contributed by atoms with van der Waals surface area (Å²) in [6.45, 7) is 0.176. The number of likely N-dealkylation sites (tertiary alicyclic amines) is 1. The van der Waals surface area contributed by atoms with Gasteiger partial charge in [-0.05, 0) is 47.5 Å². The van der Waals surface area contributed by atoms with Crippen LogP contribution in [0.5, 0.6) is 5.75 Å². The fraction of sp³-hybridized carbons (Fsp3) is 0.0870. The highest BCUT2D eigenvalue weighted by atomic mass is 79.9. The minimum atomic E-state index is -0.789. The average Bonchev–Trinajstić information content (AvgIpc) is 3.00. The van der Waals surface area contributed by atoms with Crippen molar-refractivity contribution in [2.75, 3.05) is 0 Å². The van der Waals surface area contributed by atoms with E-state index in [2.05, 4.69) is 20.9 Å². The van der Waals surface area contributed by atoms with Gasteiger partial charge in [0, 0.05) is 29.0 Å². The van der Waals surface area contributed by atoms with E-state index in [0.717, 1.165) is 10.0 Å². The van der Waals surface area contributed by atoms with E-state index in [9.17, 15) is 19.8 Å². The summed E-state index contributed by atoms with van der Waals surface area (Å²) >= 11 is 3.35. The number of hydrogen-bond donors (Lipinski definition) is 2. The third kappa shape index (κ3) is 3.71. The van der Waals surface area contributed by atoms with Gasteiger partial charge < -0.3 is 15.1 Å². The number of phenolic OH excluding ortho intramolecular Hbond substituents is 1. The lowest BCUT2D eigenvalue weighted by Gasteiger charge is -2.25. The second kappa shape index (κ2) is 8.12. The highest BCUT2D eigenvalue weighted by Gasteiger charge is 2.46. The number of pyridine rings is 1. The van der Waals surface area contributed by atoms with Crippen LogP contribution in [0.15, 0.2) is 83.1 Å². The van der Waals surface area contributed by atoms with Crippen LogP contribution in [0.4, 0.5) is 0 Å². The molecule has 0 bridgehead atoms. The summed E-state index contributed by atoms with van der Waals surface area (Å²) in [5.41, 5.74) is 1.87. The maximum absolute atomic E-state index is 13.0. The zero-order chi connectivity index (χ0) is 21.3. The van der Waals surface area contributed by atoms with Crippen molar-refractivity contribution < 1.29 is 19.8 Å². The summed E-state index contributed by atoms with van der Waals surface area (Å²) in [4.78, 5) is 31.3. The Morgan fingerprint density at radius 1 is 0.967 bits per heavy atom. The zero-order valence-electron chi connectivity index (χ0n) is 15.7. The van der Waals surface area contributed by atoms with Crippen LogP contribution in [0, 0.1) is 0 Å². The molecule has 1 amide bonds. The summed E-state index contributed by atoms with van der Waals surface area (Å²) in [6.07, 6.45) is 3.23. The first-order valence-corrected chi connectivity index (χ1v) is 9.97. The SMILES string of the molecule is O=C1C(=O)N(Cc2ccncc2)C(c2ccc(O)cc2)/C1=C(\O)c1ccc(Br)cc1. The van der Waals surface area contributed by atoms with Gasteiger partial charge in [-0.15, -0.1) is 0 Å². The Labute approximate surface area is 181 Å². The third-order valence-corrected chi connectivity index (χ3v) is 5.50. The van der Waals surface area contributed by atoms with Crippen LogP contribution >= 0.6 is 15.9 Å². The normalized spacial score (nSPS) is 18.0. The first-order chi connectivity index (χ1) is 14.5. The number of nitrogens with zero attached hydrogens (tertiary/aromatic N) is 2. The molecule has 30 heavy (non-hydrogen) atoms. The van der Waals surface area contributed by atoms with Gasteiger partial charge in [-0.3, -0.25) is 14.6 Å². The second-order valence-electron chi connectivity index (χ2n) is 6.88. The number of ketones is 1. The van der Waals surface area contributed by atoms with E-state index in [1.807, 2.05) is 0 Å². The highest BCUT2D eigenvalue weighted by molar-refractivity contribution is 9.10. The van der Waals surface area contributed by atoms with E-state index in [4.69, 9.17) is 0 Å². The number of aromatic nitrogens is 1. The van der Waals surface area contributed by atoms with Gasteiger partial charge in [0.05, 0.1) is 11.6 Å². The molecule has 1 unspecified atom stereocenters. The fourth-order valence-electron chi connectivity index (χ4n) is 3.49. The molecule has 0 aliphatic carbocycles. The van der Waals surface area contributed by atoms with Crippen molar-refractivity contribution in [3.63, 3.8) is 0 Å². The molecule has 3 aromatic rings. The van der Waals surface area contributed by atoms with Crippen LogP contribution < -0.4 is 0 Å². The van der Waals surface area contributed by atoms with Crippen LogP contribution in [0.3, 0.4) is 0 Å². The Bertz CT molecular complexity index is 1130. The number of carbonyl (C=O) groups is 2. The number of aliphatic hydroxyl groups is 1. The molecule has 1 aliphatic heterocycles. The number of aliphatic hydroxyl groups excluding tert-OH is 1. The molecule has 0 radical (unpaired) electrons. The monoisotopic (exact) mass is 464 g/mol. The Morgan fingerprint density at radius 2 is 1.60 bits per heavy atom. The molecule has 1 saturated heterocycles. The van der Waals surface area contributed by atoms with Crippen LogP contribution in [-0.4, -0.2) is 31.8 Å². The molecule has 2 N–H and O–H groups in total. The second-order valence-corrected chi connectivity index (χ2v) is 7.80. The number of aromatic hydroxyl groups is 1. The number of rotatable bonds is 4. The molecule has 6 nitrogen and oxygen atoms in total. The Balaban J connectivity index is 1.85. The van der Waals surface area contributed by atoms with E-state index in [1.54, 1.807) is 60.9 Å². The lowest BCUT2D eigenvalue weighted by Crippen LogP contribution is -2.29. The summed E-state index contributed by atoms with van der Waals surface area (Å²) < 4.78 is 0.826. The molecule has 2 heterocycles. The number of benzene rings is 2. The number of Topliss-reactive ketones (excluding diaryl/α,β-unsaturated/α-hetero) is 1. The minimum Gasteiger partial charge on any atom is -0.508 e. The van der Waals surface area contributed by atoms with E-state index in [-0.39, 0.29) is 23.6 Å². The molecule has 4 rings (SSSR count). The summed E-state index contributed by atoms with van der Waals surface area (Å²) in [5.74, 6) is -1.61. The molecular formula is C23H17BrN2O4. The highest BCUT2D eigenvalue weighted by Crippen LogP contribution is 2.40. The number of amides is 1. The smallest absolute Gasteiger partial charge is 0.295 e. The van der Waals surface area contributed by atoms with E-state index < -0.39 is 17.7 Å². The Hall–Kier alpha value is -3.45. The van der Waals surface area contributed by atoms with Gasteiger partial charge in [0.25, 0.3) is 11.7 Å². The fourth-order valence-corrected chi connectivity index (χ4v) is 3.76. The van der Waals surface area contributed by atoms with Crippen LogP contribution in [-0.2, 0) is 16.1 Å². The molecule has 2 aromatic carbocycles. The van der Waals surface area contributed by atoms with Crippen molar-refractivity contribution >= 4 is 33.4 Å². The number of hydrogen-bond acceptors (Lipinski definition) is 5. The molecule has 150 valence electrons. The lowest BCUT2D eigenvalue weighted by molar-refractivity contribution is -0.140. The molecule has 0 spiro atoms. The molecule has 1 atom stereocenters. The van der Waals surface area contributed by atoms with Gasteiger partial charge in [0.2, 0.25) is 0 Å². The number of carbonyl (C=O) groups excluding carboxylic acids is 2. The van der Waals surface area contributed by atoms with Crippen molar-refractivity contribution in [1.29, 1.82) is 0 Å². The van der Waals surface area contributed by atoms with Crippen LogP contribution in [0.2, 0.25) is 0 Å². The van der Waals surface area contributed by atoms with Crippen molar-refractivity contribution in [3.8, 4) is 5.75 Å². The van der Waals surface area contributed by atoms with Gasteiger partial charge in [-0.25, -0.2) is 0 Å². The first-order valence-electron chi connectivity index (χ1n) is 9.18. The summed E-state index contributed by atoms with van der Waals surface area (Å²) in [5, 5.41) is 20.6. The molecule has 0 saturated carbocycles. The Kier molecular flexibility index (Phi) is 5.37. The van der Waals surface area contributed by atoms with Gasteiger partial charge in [0.15, 0.2) is 0 Å². The topological polar surface area (TPSA) is 90.7 Å². The van der Waals surface area contributed by atoms with E-state index in [1.165, 1.54) is 17.0 Å². The molecular weight excluding hydrogens is 448 g/mol. The largest absolute Gasteiger partial charge is 0.508 e. The molecule has 1 fully saturated rings. The quantitative estimate of drug-likeness (QED) is 0.343.